The molecule has 4 nitrogen and oxygen atoms in total. The van der Waals surface area contributed by atoms with Gasteiger partial charge in [0, 0.05) is 19.0 Å². The predicted octanol–water partition coefficient (Wildman–Crippen LogP) is 6.21. The van der Waals surface area contributed by atoms with Gasteiger partial charge in [-0.3, -0.25) is 14.4 Å². The number of ketones is 1. The molecule has 29 heavy (non-hydrogen) atoms. The highest BCUT2D eigenvalue weighted by Crippen LogP contribution is 2.20. The molecule has 0 heterocycles. The van der Waals surface area contributed by atoms with Gasteiger partial charge in [-0.15, -0.1) is 0 Å². The lowest BCUT2D eigenvalue weighted by atomic mass is 10.0. The number of hydrogen-bond acceptors (Lipinski definition) is 3. The quantitative estimate of drug-likeness (QED) is 0.392. The summed E-state index contributed by atoms with van der Waals surface area (Å²) < 4.78 is 25.4. The minimum Gasteiger partial charge on any atom is -0.294 e. The number of hydroxylamine groups is 2. The van der Waals surface area contributed by atoms with E-state index < -0.39 is 17.5 Å². The molecule has 1 amide bonds. The van der Waals surface area contributed by atoms with Crippen molar-refractivity contribution in [3.05, 3.63) is 69.2 Å². The first-order chi connectivity index (χ1) is 13.6. The number of hydrogen-bond donors (Lipinski definition) is 0. The molecule has 2 aromatic carbocycles. The third-order valence-electron chi connectivity index (χ3n) is 3.90. The van der Waals surface area contributed by atoms with Crippen molar-refractivity contribution >= 4 is 34.9 Å². The van der Waals surface area contributed by atoms with Crippen molar-refractivity contribution in [1.82, 2.24) is 5.06 Å². The van der Waals surface area contributed by atoms with Gasteiger partial charge in [-0.1, -0.05) is 37.0 Å². The van der Waals surface area contributed by atoms with Gasteiger partial charge in [0.15, 0.2) is 5.78 Å². The number of rotatable bonds is 6. The molecule has 0 fully saturated rings. The maximum atomic E-state index is 12.7. The smallest absolute Gasteiger partial charge is 0.278 e. The second-order valence-corrected chi connectivity index (χ2v) is 7.40. The molecule has 2 rings (SSSR count). The number of amides is 1. The summed E-state index contributed by atoms with van der Waals surface area (Å²) in [4.78, 5) is 27.9. The van der Waals surface area contributed by atoms with Crippen LogP contribution in [0.15, 0.2) is 36.4 Å². The van der Waals surface area contributed by atoms with Crippen molar-refractivity contribution < 1.29 is 23.2 Å². The van der Waals surface area contributed by atoms with Crippen LogP contribution in [0.3, 0.4) is 0 Å². The Bertz CT molecular complexity index is 860. The van der Waals surface area contributed by atoms with E-state index >= 15 is 0 Å². The highest BCUT2D eigenvalue weighted by Gasteiger charge is 2.15. The molecule has 0 unspecified atom stereocenters. The first-order valence-corrected chi connectivity index (χ1v) is 9.57. The molecule has 2 aromatic rings. The molecule has 0 N–H and O–H groups in total. The van der Waals surface area contributed by atoms with E-state index in [0.29, 0.717) is 17.9 Å². The highest BCUT2D eigenvalue weighted by molar-refractivity contribution is 6.34. The Morgan fingerprint density at radius 1 is 1.00 bits per heavy atom. The van der Waals surface area contributed by atoms with E-state index in [1.54, 1.807) is 0 Å². The van der Waals surface area contributed by atoms with Crippen molar-refractivity contribution in [3.8, 4) is 0 Å². The van der Waals surface area contributed by atoms with E-state index in [1.807, 2.05) is 0 Å². The van der Waals surface area contributed by atoms with Crippen molar-refractivity contribution in [2.45, 2.75) is 26.7 Å². The average molecular weight is 446 g/mol. The fourth-order valence-electron chi connectivity index (χ4n) is 2.19. The summed E-state index contributed by atoms with van der Waals surface area (Å²) in [5.74, 6) is -0.855. The summed E-state index contributed by atoms with van der Waals surface area (Å²) in [6.07, 6.45) is 1.29. The molecule has 0 aliphatic heterocycles. The molecule has 0 spiro atoms. The Hall–Kier alpha value is -2.02. The van der Waals surface area contributed by atoms with Gasteiger partial charge < -0.3 is 0 Å². The zero-order chi connectivity index (χ0) is 22.1. The van der Waals surface area contributed by atoms with Crippen LogP contribution in [0.25, 0.3) is 0 Å². The normalized spacial score (nSPS) is 10.4. The Balaban J connectivity index is 0.000000291. The largest absolute Gasteiger partial charge is 0.294 e. The molecule has 0 radical (unpaired) electrons. The first kappa shape index (κ1) is 25.0. The second-order valence-electron chi connectivity index (χ2n) is 6.59. The number of halogens is 4. The van der Waals surface area contributed by atoms with Gasteiger partial charge in [-0.05, 0) is 48.7 Å². The number of nitrogens with zero attached hydrogens (tertiary/aromatic N) is 1. The van der Waals surface area contributed by atoms with Crippen LogP contribution in [0.1, 0.15) is 47.4 Å². The van der Waals surface area contributed by atoms with Gasteiger partial charge in [0.05, 0.1) is 22.7 Å². The molecule has 8 heteroatoms. The lowest BCUT2D eigenvalue weighted by molar-refractivity contribution is -0.0756. The molecule has 0 aliphatic carbocycles. The number of carbonyl (C=O) groups is 2. The number of benzene rings is 2. The lowest BCUT2D eigenvalue weighted by Gasteiger charge is -2.14. The summed E-state index contributed by atoms with van der Waals surface area (Å²) in [5, 5.41) is 1.28. The second kappa shape index (κ2) is 11.9. The fraction of sp³-hybridized carbons (Fsp3) is 0.333. The maximum Gasteiger partial charge on any atom is 0.278 e. The average Bonchev–Trinajstić information content (AvgIpc) is 2.65. The molecular formula is C21H23Cl2F2NO3. The monoisotopic (exact) mass is 445 g/mol. The summed E-state index contributed by atoms with van der Waals surface area (Å²) in [7, 11) is 2.80. The van der Waals surface area contributed by atoms with Crippen LogP contribution in [0.5, 0.6) is 0 Å². The molecular weight excluding hydrogens is 423 g/mol. The maximum absolute atomic E-state index is 12.7. The van der Waals surface area contributed by atoms with Crippen LogP contribution in [0, 0.1) is 17.6 Å². The summed E-state index contributed by atoms with van der Waals surface area (Å²) in [6.45, 7) is 4.11. The number of Topliss-reactive ketones (excluding diaryl/α,β-unsaturated/α-hetero) is 1. The minimum atomic E-state index is -0.480. The summed E-state index contributed by atoms with van der Waals surface area (Å²) in [6, 6.07) is 7.44. The fourth-order valence-corrected chi connectivity index (χ4v) is 2.71. The molecule has 0 atom stereocenters. The van der Waals surface area contributed by atoms with Crippen molar-refractivity contribution in [3.63, 3.8) is 0 Å². The number of carbonyl (C=O) groups excluding carboxylic acids is 2. The molecule has 0 saturated heterocycles. The molecule has 0 aromatic heterocycles. The standard InChI is InChI=1S/C12H14ClFO.C9H9ClFNO2/c1-8(2)3-6-12(15)10-5-4-9(14)7-11(10)13;1-12(14-2)9(13)7-4-3-6(11)5-8(7)10/h4-5,7-8H,3,6H2,1-2H3;3-5H,1-2H3. The van der Waals surface area contributed by atoms with E-state index in [2.05, 4.69) is 18.7 Å². The van der Waals surface area contributed by atoms with Gasteiger partial charge in [0.2, 0.25) is 0 Å². The Morgan fingerprint density at radius 2 is 1.48 bits per heavy atom. The van der Waals surface area contributed by atoms with Gasteiger partial charge >= 0.3 is 0 Å². The third-order valence-corrected chi connectivity index (χ3v) is 4.53. The van der Waals surface area contributed by atoms with Crippen LogP contribution < -0.4 is 0 Å². The van der Waals surface area contributed by atoms with Crippen molar-refractivity contribution in [1.29, 1.82) is 0 Å². The van der Waals surface area contributed by atoms with Gasteiger partial charge in [0.1, 0.15) is 11.6 Å². The van der Waals surface area contributed by atoms with Gasteiger partial charge in [-0.2, -0.15) is 0 Å². The van der Waals surface area contributed by atoms with Gasteiger partial charge in [0.25, 0.3) is 5.91 Å². The SMILES string of the molecule is CC(C)CCC(=O)c1ccc(F)cc1Cl.CON(C)C(=O)c1ccc(F)cc1Cl. The van der Waals surface area contributed by atoms with Crippen molar-refractivity contribution in [2.75, 3.05) is 14.2 Å². The summed E-state index contributed by atoms with van der Waals surface area (Å²) >= 11 is 11.5. The van der Waals surface area contributed by atoms with E-state index in [4.69, 9.17) is 23.2 Å². The minimum absolute atomic E-state index is 0.0197. The topological polar surface area (TPSA) is 46.6 Å². The van der Waals surface area contributed by atoms with Crippen LogP contribution in [-0.2, 0) is 4.84 Å². The zero-order valence-electron chi connectivity index (χ0n) is 16.6. The van der Waals surface area contributed by atoms with Crippen LogP contribution in [0.2, 0.25) is 10.0 Å². The van der Waals surface area contributed by atoms with E-state index in [-0.39, 0.29) is 21.4 Å². The van der Waals surface area contributed by atoms with E-state index in [1.165, 1.54) is 44.5 Å². The zero-order valence-corrected chi connectivity index (χ0v) is 18.2. The molecule has 158 valence electrons. The van der Waals surface area contributed by atoms with Crippen LogP contribution >= 0.6 is 23.2 Å². The highest BCUT2D eigenvalue weighted by atomic mass is 35.5. The molecule has 0 aliphatic rings. The third kappa shape index (κ3) is 8.09. The predicted molar refractivity (Wildman–Crippen MR) is 110 cm³/mol. The van der Waals surface area contributed by atoms with E-state index in [0.717, 1.165) is 17.6 Å². The van der Waals surface area contributed by atoms with Crippen LogP contribution in [0.4, 0.5) is 8.78 Å². The first-order valence-electron chi connectivity index (χ1n) is 8.82. The molecule has 0 bridgehead atoms. The summed E-state index contributed by atoms with van der Waals surface area (Å²) in [5.41, 5.74) is 0.621. The Kier molecular flexibility index (Phi) is 10.2. The Morgan fingerprint density at radius 3 is 1.90 bits per heavy atom. The molecule has 0 saturated carbocycles. The van der Waals surface area contributed by atoms with Gasteiger partial charge in [-0.25, -0.2) is 13.8 Å². The lowest BCUT2D eigenvalue weighted by Crippen LogP contribution is -2.25. The Labute approximate surface area is 179 Å². The van der Waals surface area contributed by atoms with Crippen molar-refractivity contribution in [2.24, 2.45) is 5.92 Å². The van der Waals surface area contributed by atoms with E-state index in [9.17, 15) is 18.4 Å². The van der Waals surface area contributed by atoms with Crippen LogP contribution in [-0.4, -0.2) is 30.9 Å².